The lowest BCUT2D eigenvalue weighted by Crippen LogP contribution is -2.44. The molecule has 1 saturated carbocycles. The Morgan fingerprint density at radius 3 is 2.50 bits per heavy atom. The monoisotopic (exact) mass is 413 g/mol. The molecule has 3 rings (SSSR count). The van der Waals surface area contributed by atoms with Crippen molar-refractivity contribution >= 4 is 17.0 Å². The minimum atomic E-state index is -0.341. The van der Waals surface area contributed by atoms with Gasteiger partial charge in [0.1, 0.15) is 0 Å². The van der Waals surface area contributed by atoms with Crippen LogP contribution in [0, 0.1) is 5.92 Å². The van der Waals surface area contributed by atoms with Crippen LogP contribution in [0.25, 0.3) is 10.9 Å². The van der Waals surface area contributed by atoms with Crippen LogP contribution < -0.4 is 4.74 Å². The van der Waals surface area contributed by atoms with E-state index in [1.165, 1.54) is 50.5 Å². The molecule has 30 heavy (non-hydrogen) atoms. The fourth-order valence-electron chi connectivity index (χ4n) is 4.26. The summed E-state index contributed by atoms with van der Waals surface area (Å²) < 4.78 is 5.72. The van der Waals surface area contributed by atoms with E-state index in [2.05, 4.69) is 29.2 Å². The van der Waals surface area contributed by atoms with E-state index in [9.17, 15) is 4.79 Å². The molecule has 0 radical (unpaired) electrons. The van der Waals surface area contributed by atoms with Crippen LogP contribution in [0.2, 0.25) is 0 Å². The third kappa shape index (κ3) is 5.78. The zero-order valence-corrected chi connectivity index (χ0v) is 19.5. The zero-order chi connectivity index (χ0) is 21.7. The second kappa shape index (κ2) is 9.86. The van der Waals surface area contributed by atoms with Crippen LogP contribution in [-0.2, 0) is 6.54 Å². The highest BCUT2D eigenvalue weighted by atomic mass is 16.6. The average Bonchev–Trinajstić information content (AvgIpc) is 2.92. The molecule has 2 aromatic rings. The number of amides is 1. The third-order valence-corrected chi connectivity index (χ3v) is 6.57. The van der Waals surface area contributed by atoms with E-state index in [0.29, 0.717) is 5.75 Å². The number of hydrogen-bond acceptors (Lipinski definition) is 3. The molecule has 5 heteroatoms. The van der Waals surface area contributed by atoms with Crippen LogP contribution in [0.15, 0.2) is 24.4 Å². The second-order valence-electron chi connectivity index (χ2n) is 9.97. The van der Waals surface area contributed by atoms with Gasteiger partial charge in [-0.2, -0.15) is 0 Å². The molecule has 1 aliphatic carbocycles. The molecule has 1 N–H and O–H groups in total. The Morgan fingerprint density at radius 1 is 1.13 bits per heavy atom. The fourth-order valence-corrected chi connectivity index (χ4v) is 4.26. The Morgan fingerprint density at radius 2 is 1.83 bits per heavy atom. The molecule has 0 aliphatic heterocycles. The SMILES string of the molecule is CN(CCC1CCCCCC1)Cc1c[nH]c2c(OC(=O)N(C)C(C)(C)C)cccc12. The molecule has 1 aliphatic rings. The number of nitrogens with zero attached hydrogens (tertiary/aromatic N) is 2. The average molecular weight is 414 g/mol. The van der Waals surface area contributed by atoms with Crippen molar-refractivity contribution < 1.29 is 9.53 Å². The molecule has 1 heterocycles. The summed E-state index contributed by atoms with van der Waals surface area (Å²) in [7, 11) is 3.98. The van der Waals surface area contributed by atoms with Crippen molar-refractivity contribution in [1.82, 2.24) is 14.8 Å². The summed E-state index contributed by atoms with van der Waals surface area (Å²) in [6, 6.07) is 5.92. The molecule has 0 spiro atoms. The smallest absolute Gasteiger partial charge is 0.408 e. The van der Waals surface area contributed by atoms with Crippen LogP contribution >= 0.6 is 0 Å². The van der Waals surface area contributed by atoms with E-state index in [-0.39, 0.29) is 11.6 Å². The summed E-state index contributed by atoms with van der Waals surface area (Å²) in [5.74, 6) is 1.48. The lowest BCUT2D eigenvalue weighted by Gasteiger charge is -2.30. The first-order chi connectivity index (χ1) is 14.3. The quantitative estimate of drug-likeness (QED) is 0.575. The highest BCUT2D eigenvalue weighted by Gasteiger charge is 2.25. The lowest BCUT2D eigenvalue weighted by molar-refractivity contribution is 0.125. The van der Waals surface area contributed by atoms with Gasteiger partial charge in [0.15, 0.2) is 5.75 Å². The number of fused-ring (bicyclic) bond motifs is 1. The molecule has 1 aromatic carbocycles. The normalized spacial score (nSPS) is 16.1. The Kier molecular flexibility index (Phi) is 7.45. The van der Waals surface area contributed by atoms with E-state index >= 15 is 0 Å². The van der Waals surface area contributed by atoms with Gasteiger partial charge in [-0.15, -0.1) is 0 Å². The number of carbonyl (C=O) groups excluding carboxylic acids is 1. The van der Waals surface area contributed by atoms with Crippen molar-refractivity contribution in [2.45, 2.75) is 77.8 Å². The minimum absolute atomic E-state index is 0.286. The molecule has 1 amide bonds. The third-order valence-electron chi connectivity index (χ3n) is 6.57. The van der Waals surface area contributed by atoms with Gasteiger partial charge in [0, 0.05) is 30.7 Å². The van der Waals surface area contributed by atoms with Gasteiger partial charge in [0.25, 0.3) is 0 Å². The van der Waals surface area contributed by atoms with Gasteiger partial charge in [0.05, 0.1) is 5.52 Å². The first-order valence-corrected chi connectivity index (χ1v) is 11.5. The summed E-state index contributed by atoms with van der Waals surface area (Å²) >= 11 is 0. The molecular formula is C25H39N3O2. The second-order valence-corrected chi connectivity index (χ2v) is 9.97. The number of rotatable bonds is 6. The van der Waals surface area contributed by atoms with Crippen molar-refractivity contribution in [1.29, 1.82) is 0 Å². The predicted molar refractivity (Wildman–Crippen MR) is 124 cm³/mol. The molecule has 0 atom stereocenters. The largest absolute Gasteiger partial charge is 0.415 e. The van der Waals surface area contributed by atoms with Crippen molar-refractivity contribution in [3.05, 3.63) is 30.0 Å². The molecule has 1 aromatic heterocycles. The fraction of sp³-hybridized carbons (Fsp3) is 0.640. The van der Waals surface area contributed by atoms with Gasteiger partial charge in [-0.05, 0) is 58.3 Å². The van der Waals surface area contributed by atoms with Gasteiger partial charge in [-0.25, -0.2) is 4.79 Å². The molecule has 0 saturated heterocycles. The summed E-state index contributed by atoms with van der Waals surface area (Å²) in [6.45, 7) is 8.00. The van der Waals surface area contributed by atoms with E-state index in [1.807, 2.05) is 32.9 Å². The molecular weight excluding hydrogens is 374 g/mol. The maximum Gasteiger partial charge on any atom is 0.415 e. The minimum Gasteiger partial charge on any atom is -0.408 e. The van der Waals surface area contributed by atoms with E-state index < -0.39 is 0 Å². The lowest BCUT2D eigenvalue weighted by atomic mass is 9.96. The topological polar surface area (TPSA) is 48.6 Å². The maximum absolute atomic E-state index is 12.5. The number of benzene rings is 1. The van der Waals surface area contributed by atoms with Crippen molar-refractivity contribution in [3.8, 4) is 5.75 Å². The summed E-state index contributed by atoms with van der Waals surface area (Å²) in [4.78, 5) is 19.9. The summed E-state index contributed by atoms with van der Waals surface area (Å²) in [5, 5.41) is 1.13. The predicted octanol–water partition coefficient (Wildman–Crippen LogP) is 6.19. The highest BCUT2D eigenvalue weighted by molar-refractivity contribution is 5.90. The maximum atomic E-state index is 12.5. The van der Waals surface area contributed by atoms with E-state index in [0.717, 1.165) is 29.9 Å². The van der Waals surface area contributed by atoms with Crippen LogP contribution in [0.3, 0.4) is 0 Å². The number of nitrogens with one attached hydrogen (secondary N) is 1. The molecule has 166 valence electrons. The van der Waals surface area contributed by atoms with Crippen molar-refractivity contribution in [2.24, 2.45) is 5.92 Å². The Hall–Kier alpha value is -2.01. The van der Waals surface area contributed by atoms with Gasteiger partial charge in [0.2, 0.25) is 0 Å². The van der Waals surface area contributed by atoms with Crippen LogP contribution in [0.1, 0.15) is 71.3 Å². The summed E-state index contributed by atoms with van der Waals surface area (Å²) in [5.41, 5.74) is 1.85. The van der Waals surface area contributed by atoms with Gasteiger partial charge in [-0.3, -0.25) is 0 Å². The Bertz CT molecular complexity index is 829. The van der Waals surface area contributed by atoms with E-state index in [1.54, 1.807) is 11.9 Å². The van der Waals surface area contributed by atoms with Gasteiger partial charge >= 0.3 is 6.09 Å². The standard InChI is InChI=1S/C25H39N3O2/c1-25(2,3)28(5)24(29)30-22-14-10-13-21-20(17-26-23(21)22)18-27(4)16-15-19-11-8-6-7-9-12-19/h10,13-14,17,19,26H,6-9,11-12,15-16,18H2,1-5H3. The van der Waals surface area contributed by atoms with Crippen LogP contribution in [-0.4, -0.2) is 47.1 Å². The number of ether oxygens (including phenoxy) is 1. The number of aromatic nitrogens is 1. The van der Waals surface area contributed by atoms with Crippen LogP contribution in [0.4, 0.5) is 4.79 Å². The van der Waals surface area contributed by atoms with Crippen molar-refractivity contribution in [2.75, 3.05) is 20.6 Å². The number of aromatic amines is 1. The van der Waals surface area contributed by atoms with Crippen LogP contribution in [0.5, 0.6) is 5.75 Å². The molecule has 0 unspecified atom stereocenters. The molecule has 5 nitrogen and oxygen atoms in total. The Balaban J connectivity index is 1.63. The number of H-pyrrole nitrogens is 1. The van der Waals surface area contributed by atoms with Crippen molar-refractivity contribution in [3.63, 3.8) is 0 Å². The van der Waals surface area contributed by atoms with Gasteiger partial charge in [-0.1, -0.05) is 50.7 Å². The zero-order valence-electron chi connectivity index (χ0n) is 19.5. The first kappa shape index (κ1) is 22.7. The number of para-hydroxylation sites is 1. The molecule has 1 fully saturated rings. The first-order valence-electron chi connectivity index (χ1n) is 11.5. The molecule has 0 bridgehead atoms. The van der Waals surface area contributed by atoms with Gasteiger partial charge < -0.3 is 19.5 Å². The highest BCUT2D eigenvalue weighted by Crippen LogP contribution is 2.29. The Labute approximate surface area is 181 Å². The van der Waals surface area contributed by atoms with E-state index in [4.69, 9.17) is 4.74 Å². The summed E-state index contributed by atoms with van der Waals surface area (Å²) in [6.07, 6.45) is 11.5. The number of carbonyl (C=O) groups is 1. The number of hydrogen-bond donors (Lipinski definition) is 1.